The number of aliphatic hydroxyl groups is 1. The van der Waals surface area contributed by atoms with Crippen molar-refractivity contribution in [1.29, 1.82) is 0 Å². The van der Waals surface area contributed by atoms with Gasteiger partial charge in [0.15, 0.2) is 0 Å². The van der Waals surface area contributed by atoms with E-state index in [9.17, 15) is 4.39 Å². The fourth-order valence-corrected chi connectivity index (χ4v) is 1.69. The van der Waals surface area contributed by atoms with Crippen LogP contribution in [-0.4, -0.2) is 34.7 Å². The Morgan fingerprint density at radius 2 is 2.24 bits per heavy atom. The fraction of sp³-hybridized carbons (Fsp3) is 0.417. The third-order valence-corrected chi connectivity index (χ3v) is 2.83. The molecule has 0 aliphatic rings. The van der Waals surface area contributed by atoms with E-state index in [0.29, 0.717) is 24.2 Å². The lowest BCUT2D eigenvalue weighted by atomic mass is 10.1. The molecule has 3 N–H and O–H groups in total. The third-order valence-electron chi connectivity index (χ3n) is 2.59. The Hall–Kier alpha value is -1.04. The number of likely N-dealkylation sites (N-methyl/N-ethyl adjacent to an activating group) is 1. The predicted octanol–water partition coefficient (Wildman–Crippen LogP) is 1.27. The Morgan fingerprint density at radius 3 is 2.71 bits per heavy atom. The van der Waals surface area contributed by atoms with E-state index < -0.39 is 0 Å². The molecular weight excluding hydrogens is 239 g/mol. The Labute approximate surface area is 106 Å². The van der Waals surface area contributed by atoms with Crippen LogP contribution in [0.1, 0.15) is 18.1 Å². The number of halogens is 1. The van der Waals surface area contributed by atoms with Crippen molar-refractivity contribution in [2.24, 2.45) is 5.73 Å². The maximum absolute atomic E-state index is 13.7. The minimum atomic E-state index is -0.313. The summed E-state index contributed by atoms with van der Waals surface area (Å²) in [5.74, 6) is -0.313. The maximum atomic E-state index is 13.7. The van der Waals surface area contributed by atoms with Gasteiger partial charge in [0, 0.05) is 24.2 Å². The lowest BCUT2D eigenvalue weighted by Gasteiger charge is -2.19. The molecule has 0 saturated carbocycles. The molecule has 0 amide bonds. The highest BCUT2D eigenvalue weighted by molar-refractivity contribution is 7.80. The van der Waals surface area contributed by atoms with Crippen LogP contribution in [-0.2, 0) is 6.54 Å². The van der Waals surface area contributed by atoms with Crippen molar-refractivity contribution in [2.75, 3.05) is 19.7 Å². The molecule has 0 radical (unpaired) electrons. The van der Waals surface area contributed by atoms with Crippen LogP contribution in [0.5, 0.6) is 0 Å². The molecule has 0 fully saturated rings. The van der Waals surface area contributed by atoms with Crippen molar-refractivity contribution in [2.45, 2.75) is 13.5 Å². The Bertz CT molecular complexity index is 398. The molecule has 1 rings (SSSR count). The summed E-state index contributed by atoms with van der Waals surface area (Å²) in [6.45, 7) is 3.81. The van der Waals surface area contributed by atoms with Gasteiger partial charge in [0.1, 0.15) is 10.8 Å². The summed E-state index contributed by atoms with van der Waals surface area (Å²) in [6.07, 6.45) is 0. The predicted molar refractivity (Wildman–Crippen MR) is 70.3 cm³/mol. The average molecular weight is 256 g/mol. The topological polar surface area (TPSA) is 49.5 Å². The van der Waals surface area contributed by atoms with Crippen LogP contribution in [0, 0.1) is 5.82 Å². The number of benzene rings is 1. The third kappa shape index (κ3) is 4.03. The van der Waals surface area contributed by atoms with E-state index in [2.05, 4.69) is 0 Å². The van der Waals surface area contributed by atoms with Crippen LogP contribution in [0.15, 0.2) is 18.2 Å². The standard InChI is InChI=1S/C12H17FN2OS/c1-2-15(5-6-16)8-10-4-3-9(12(14)17)7-11(10)13/h3-4,7,16H,2,5-6,8H2,1H3,(H2,14,17). The van der Waals surface area contributed by atoms with Gasteiger partial charge in [0.05, 0.1) is 6.61 Å². The summed E-state index contributed by atoms with van der Waals surface area (Å²) in [4.78, 5) is 2.15. The average Bonchev–Trinajstić information content (AvgIpc) is 2.30. The SMILES string of the molecule is CCN(CCO)Cc1ccc(C(N)=S)cc1F. The molecule has 0 aliphatic carbocycles. The van der Waals surface area contributed by atoms with Gasteiger partial charge in [0.2, 0.25) is 0 Å². The molecule has 1 aromatic rings. The summed E-state index contributed by atoms with van der Waals surface area (Å²) in [7, 11) is 0. The number of rotatable bonds is 6. The van der Waals surface area contributed by atoms with E-state index in [1.165, 1.54) is 6.07 Å². The van der Waals surface area contributed by atoms with Crippen molar-refractivity contribution < 1.29 is 9.50 Å². The second-order valence-corrected chi connectivity index (χ2v) is 4.20. The van der Waals surface area contributed by atoms with Gasteiger partial charge in [-0.15, -0.1) is 0 Å². The van der Waals surface area contributed by atoms with E-state index in [-0.39, 0.29) is 17.4 Å². The molecule has 0 atom stereocenters. The molecule has 94 valence electrons. The highest BCUT2D eigenvalue weighted by Gasteiger charge is 2.09. The zero-order valence-electron chi connectivity index (χ0n) is 9.82. The first-order valence-corrected chi connectivity index (χ1v) is 5.90. The minimum Gasteiger partial charge on any atom is -0.395 e. The molecule has 0 aliphatic heterocycles. The number of hydrogen-bond acceptors (Lipinski definition) is 3. The Morgan fingerprint density at radius 1 is 1.53 bits per heavy atom. The summed E-state index contributed by atoms with van der Waals surface area (Å²) in [6, 6.07) is 4.75. The van der Waals surface area contributed by atoms with Crippen molar-refractivity contribution >= 4 is 17.2 Å². The van der Waals surface area contributed by atoms with E-state index >= 15 is 0 Å². The van der Waals surface area contributed by atoms with Crippen LogP contribution in [0.4, 0.5) is 4.39 Å². The lowest BCUT2D eigenvalue weighted by Crippen LogP contribution is -2.26. The smallest absolute Gasteiger partial charge is 0.128 e. The van der Waals surface area contributed by atoms with Crippen LogP contribution < -0.4 is 5.73 Å². The monoisotopic (exact) mass is 256 g/mol. The molecule has 0 aromatic heterocycles. The number of hydrogen-bond donors (Lipinski definition) is 2. The first kappa shape index (κ1) is 14.0. The van der Waals surface area contributed by atoms with Gasteiger partial charge in [-0.2, -0.15) is 0 Å². The largest absolute Gasteiger partial charge is 0.395 e. The van der Waals surface area contributed by atoms with Gasteiger partial charge in [0.25, 0.3) is 0 Å². The normalized spacial score (nSPS) is 10.8. The van der Waals surface area contributed by atoms with E-state index in [1.54, 1.807) is 12.1 Å². The number of nitrogens with zero attached hydrogens (tertiary/aromatic N) is 1. The van der Waals surface area contributed by atoms with Gasteiger partial charge in [-0.1, -0.05) is 31.3 Å². The second kappa shape index (κ2) is 6.64. The molecule has 0 spiro atoms. The fourth-order valence-electron chi connectivity index (χ4n) is 1.56. The quantitative estimate of drug-likeness (QED) is 0.753. The summed E-state index contributed by atoms with van der Waals surface area (Å²) in [5.41, 5.74) is 6.55. The van der Waals surface area contributed by atoms with E-state index in [4.69, 9.17) is 23.1 Å². The van der Waals surface area contributed by atoms with Crippen molar-refractivity contribution in [1.82, 2.24) is 4.90 Å². The number of nitrogens with two attached hydrogens (primary N) is 1. The molecule has 0 saturated heterocycles. The molecule has 0 unspecified atom stereocenters. The van der Waals surface area contributed by atoms with Crippen LogP contribution >= 0.6 is 12.2 Å². The van der Waals surface area contributed by atoms with Gasteiger partial charge in [-0.3, -0.25) is 4.90 Å². The molecular formula is C12H17FN2OS. The first-order valence-electron chi connectivity index (χ1n) is 5.50. The van der Waals surface area contributed by atoms with E-state index in [0.717, 1.165) is 6.54 Å². The van der Waals surface area contributed by atoms with Gasteiger partial charge in [-0.05, 0) is 12.6 Å². The summed E-state index contributed by atoms with van der Waals surface area (Å²) in [5, 5.41) is 8.86. The van der Waals surface area contributed by atoms with Crippen LogP contribution in [0.2, 0.25) is 0 Å². The maximum Gasteiger partial charge on any atom is 0.128 e. The van der Waals surface area contributed by atoms with Gasteiger partial charge in [-0.25, -0.2) is 4.39 Å². The first-order chi connectivity index (χ1) is 8.08. The van der Waals surface area contributed by atoms with Crippen molar-refractivity contribution in [3.63, 3.8) is 0 Å². The van der Waals surface area contributed by atoms with Gasteiger partial charge >= 0.3 is 0 Å². The number of thiocarbonyl (C=S) groups is 1. The van der Waals surface area contributed by atoms with Gasteiger partial charge < -0.3 is 10.8 Å². The van der Waals surface area contributed by atoms with Crippen LogP contribution in [0.25, 0.3) is 0 Å². The molecule has 5 heteroatoms. The van der Waals surface area contributed by atoms with E-state index in [1.807, 2.05) is 11.8 Å². The lowest BCUT2D eigenvalue weighted by molar-refractivity contribution is 0.195. The Balaban J connectivity index is 2.81. The zero-order valence-corrected chi connectivity index (χ0v) is 10.6. The minimum absolute atomic E-state index is 0.0699. The summed E-state index contributed by atoms with van der Waals surface area (Å²) >= 11 is 4.78. The molecule has 3 nitrogen and oxygen atoms in total. The molecule has 1 aromatic carbocycles. The van der Waals surface area contributed by atoms with Crippen LogP contribution in [0.3, 0.4) is 0 Å². The summed E-state index contributed by atoms with van der Waals surface area (Å²) < 4.78 is 13.7. The van der Waals surface area contributed by atoms with Crippen molar-refractivity contribution in [3.8, 4) is 0 Å². The highest BCUT2D eigenvalue weighted by atomic mass is 32.1. The molecule has 0 bridgehead atoms. The number of aliphatic hydroxyl groups excluding tert-OH is 1. The molecule has 0 heterocycles. The highest BCUT2D eigenvalue weighted by Crippen LogP contribution is 2.13. The zero-order chi connectivity index (χ0) is 12.8. The molecule has 17 heavy (non-hydrogen) atoms. The Kier molecular flexibility index (Phi) is 5.47. The van der Waals surface area contributed by atoms with Crippen molar-refractivity contribution in [3.05, 3.63) is 35.1 Å². The second-order valence-electron chi connectivity index (χ2n) is 3.76.